The van der Waals surface area contributed by atoms with Crippen LogP contribution < -0.4 is 10.1 Å². The molecule has 33 heavy (non-hydrogen) atoms. The molecule has 2 heterocycles. The highest BCUT2D eigenvalue weighted by molar-refractivity contribution is 5.86. The van der Waals surface area contributed by atoms with E-state index in [2.05, 4.69) is 5.32 Å². The first kappa shape index (κ1) is 25.3. The van der Waals surface area contributed by atoms with Gasteiger partial charge >= 0.3 is 5.97 Å². The molecule has 3 rings (SSSR count). The second-order valence-electron chi connectivity index (χ2n) is 8.40. The number of nitrogens with one attached hydrogen (secondary N) is 1. The van der Waals surface area contributed by atoms with Crippen molar-refractivity contribution < 1.29 is 44.6 Å². The lowest BCUT2D eigenvalue weighted by atomic mass is 9.95. The van der Waals surface area contributed by atoms with Crippen LogP contribution in [0.15, 0.2) is 24.3 Å². The SMILES string of the molecule is O=C(Cc1ccccc1OC1(O)OCC(CO)C(O)C1O)NCC(=O)N1CCCCC1CO. The van der Waals surface area contributed by atoms with Gasteiger partial charge in [0.25, 0.3) is 0 Å². The van der Waals surface area contributed by atoms with Gasteiger partial charge in [0.05, 0.1) is 44.9 Å². The molecular weight excluding hydrogens is 436 g/mol. The van der Waals surface area contributed by atoms with Gasteiger partial charge in [0.15, 0.2) is 6.10 Å². The van der Waals surface area contributed by atoms with E-state index in [1.807, 2.05) is 0 Å². The highest BCUT2D eigenvalue weighted by Gasteiger charge is 2.51. The number of carbonyl (C=O) groups excluding carboxylic acids is 2. The Labute approximate surface area is 191 Å². The molecule has 6 N–H and O–H groups in total. The van der Waals surface area contributed by atoms with Gasteiger partial charge in [-0.1, -0.05) is 18.2 Å². The Balaban J connectivity index is 1.60. The minimum Gasteiger partial charge on any atom is -0.437 e. The van der Waals surface area contributed by atoms with Crippen molar-refractivity contribution in [1.82, 2.24) is 10.2 Å². The van der Waals surface area contributed by atoms with Crippen molar-refractivity contribution in [3.8, 4) is 5.75 Å². The fourth-order valence-corrected chi connectivity index (χ4v) is 4.07. The van der Waals surface area contributed by atoms with Gasteiger partial charge in [-0.3, -0.25) is 9.59 Å². The van der Waals surface area contributed by atoms with Crippen LogP contribution in [-0.2, 0) is 20.7 Å². The highest BCUT2D eigenvalue weighted by atomic mass is 16.8. The smallest absolute Gasteiger partial charge is 0.354 e. The number of likely N-dealkylation sites (tertiary alicyclic amines) is 1. The third-order valence-corrected chi connectivity index (χ3v) is 6.09. The van der Waals surface area contributed by atoms with E-state index in [-0.39, 0.29) is 43.9 Å². The monoisotopic (exact) mass is 468 g/mol. The number of ether oxygens (including phenoxy) is 2. The molecule has 11 nitrogen and oxygen atoms in total. The van der Waals surface area contributed by atoms with Crippen molar-refractivity contribution in [2.45, 2.75) is 49.9 Å². The average molecular weight is 469 g/mol. The van der Waals surface area contributed by atoms with Crippen molar-refractivity contribution in [2.75, 3.05) is 32.9 Å². The molecule has 11 heteroatoms. The predicted molar refractivity (Wildman–Crippen MR) is 114 cm³/mol. The largest absolute Gasteiger partial charge is 0.437 e. The number of hydrogen-bond acceptors (Lipinski definition) is 9. The molecule has 184 valence electrons. The number of aliphatic hydroxyl groups is 5. The van der Waals surface area contributed by atoms with Gasteiger partial charge in [0.2, 0.25) is 11.8 Å². The Morgan fingerprint density at radius 3 is 2.67 bits per heavy atom. The van der Waals surface area contributed by atoms with E-state index < -0.39 is 36.6 Å². The number of carbonyl (C=O) groups is 2. The summed E-state index contributed by atoms with van der Waals surface area (Å²) < 4.78 is 10.6. The number of amides is 2. The van der Waals surface area contributed by atoms with Gasteiger partial charge in [-0.05, 0) is 25.3 Å². The summed E-state index contributed by atoms with van der Waals surface area (Å²) in [5.41, 5.74) is 0.358. The third kappa shape index (κ3) is 5.99. The van der Waals surface area contributed by atoms with Crippen LogP contribution in [-0.4, -0.2) is 99.4 Å². The fourth-order valence-electron chi connectivity index (χ4n) is 4.07. The molecule has 0 radical (unpaired) electrons. The highest BCUT2D eigenvalue weighted by Crippen LogP contribution is 2.31. The second kappa shape index (κ2) is 11.2. The van der Waals surface area contributed by atoms with Crippen molar-refractivity contribution >= 4 is 11.8 Å². The number of benzene rings is 1. The molecule has 0 aromatic heterocycles. The van der Waals surface area contributed by atoms with E-state index in [0.717, 1.165) is 19.3 Å². The zero-order valence-electron chi connectivity index (χ0n) is 18.3. The summed E-state index contributed by atoms with van der Waals surface area (Å²) in [6.07, 6.45) is -0.988. The number of para-hydroxylation sites is 1. The zero-order chi connectivity index (χ0) is 24.0. The number of hydrogen-bond donors (Lipinski definition) is 6. The molecular formula is C22H32N2O9. The molecule has 2 amide bonds. The van der Waals surface area contributed by atoms with Gasteiger partial charge in [-0.25, -0.2) is 0 Å². The van der Waals surface area contributed by atoms with Crippen LogP contribution in [0.25, 0.3) is 0 Å². The maximum Gasteiger partial charge on any atom is 0.354 e. The van der Waals surface area contributed by atoms with E-state index in [0.29, 0.717) is 12.1 Å². The Bertz CT molecular complexity index is 823. The van der Waals surface area contributed by atoms with Gasteiger partial charge < -0.3 is 45.2 Å². The van der Waals surface area contributed by atoms with Crippen LogP contribution in [0.1, 0.15) is 24.8 Å². The summed E-state index contributed by atoms with van der Waals surface area (Å²) in [6, 6.07) is 6.05. The molecule has 2 aliphatic heterocycles. The Morgan fingerprint density at radius 2 is 1.94 bits per heavy atom. The van der Waals surface area contributed by atoms with Gasteiger partial charge in [0.1, 0.15) is 5.75 Å². The van der Waals surface area contributed by atoms with Gasteiger partial charge in [-0.15, -0.1) is 0 Å². The standard InChI is InChI=1S/C22H32N2O9/c25-11-15-13-32-22(31,21(30)20(15)29)33-17-7-2-1-5-14(17)9-18(27)23-10-19(28)24-8-4-3-6-16(24)12-26/h1-2,5,7,15-16,20-21,25-26,29-31H,3-4,6,8-13H2,(H,23,27). The molecule has 0 bridgehead atoms. The van der Waals surface area contributed by atoms with Crippen LogP contribution in [0.5, 0.6) is 5.75 Å². The molecule has 5 atom stereocenters. The van der Waals surface area contributed by atoms with E-state index in [4.69, 9.17) is 9.47 Å². The number of aliphatic hydroxyl groups excluding tert-OH is 4. The van der Waals surface area contributed by atoms with Crippen LogP contribution in [0.3, 0.4) is 0 Å². The molecule has 2 fully saturated rings. The topological polar surface area (TPSA) is 169 Å². The van der Waals surface area contributed by atoms with Crippen LogP contribution in [0.2, 0.25) is 0 Å². The van der Waals surface area contributed by atoms with Gasteiger partial charge in [0, 0.05) is 18.0 Å². The lowest BCUT2D eigenvalue weighted by Crippen LogP contribution is -2.62. The van der Waals surface area contributed by atoms with Crippen LogP contribution in [0, 0.1) is 5.92 Å². The molecule has 2 aliphatic rings. The summed E-state index contributed by atoms with van der Waals surface area (Å²) >= 11 is 0. The lowest BCUT2D eigenvalue weighted by Gasteiger charge is -2.42. The molecule has 5 unspecified atom stereocenters. The number of nitrogens with zero attached hydrogens (tertiary/aromatic N) is 1. The van der Waals surface area contributed by atoms with Crippen molar-refractivity contribution in [3.63, 3.8) is 0 Å². The first-order valence-electron chi connectivity index (χ1n) is 11.1. The molecule has 2 saturated heterocycles. The molecule has 1 aromatic carbocycles. The van der Waals surface area contributed by atoms with Crippen molar-refractivity contribution in [3.05, 3.63) is 29.8 Å². The van der Waals surface area contributed by atoms with E-state index in [9.17, 15) is 35.1 Å². The quantitative estimate of drug-likeness (QED) is 0.239. The summed E-state index contributed by atoms with van der Waals surface area (Å²) in [5.74, 6) is -4.04. The summed E-state index contributed by atoms with van der Waals surface area (Å²) in [6.45, 7) is -0.476. The Morgan fingerprint density at radius 1 is 1.18 bits per heavy atom. The first-order chi connectivity index (χ1) is 15.8. The van der Waals surface area contributed by atoms with E-state index >= 15 is 0 Å². The zero-order valence-corrected chi connectivity index (χ0v) is 18.3. The molecule has 0 spiro atoms. The van der Waals surface area contributed by atoms with Crippen molar-refractivity contribution in [2.24, 2.45) is 5.92 Å². The normalized spacial score (nSPS) is 30.0. The van der Waals surface area contributed by atoms with E-state index in [1.54, 1.807) is 23.1 Å². The number of rotatable bonds is 8. The second-order valence-corrected chi connectivity index (χ2v) is 8.40. The minimum atomic E-state index is -2.57. The molecule has 0 saturated carbocycles. The minimum absolute atomic E-state index is 0.0477. The molecule has 0 aliphatic carbocycles. The number of piperidine rings is 1. The lowest BCUT2D eigenvalue weighted by molar-refractivity contribution is -0.399. The maximum atomic E-state index is 12.5. The molecule has 1 aromatic rings. The Kier molecular flexibility index (Phi) is 8.63. The fraction of sp³-hybridized carbons (Fsp3) is 0.636. The van der Waals surface area contributed by atoms with Gasteiger partial charge in [-0.2, -0.15) is 0 Å². The van der Waals surface area contributed by atoms with Crippen LogP contribution in [0.4, 0.5) is 0 Å². The third-order valence-electron chi connectivity index (χ3n) is 6.09. The predicted octanol–water partition coefficient (Wildman–Crippen LogP) is -1.90. The van der Waals surface area contributed by atoms with Crippen molar-refractivity contribution in [1.29, 1.82) is 0 Å². The summed E-state index contributed by atoms with van der Waals surface area (Å²) in [5, 5.41) is 52.2. The average Bonchev–Trinajstić information content (AvgIpc) is 2.82. The van der Waals surface area contributed by atoms with Crippen LogP contribution >= 0.6 is 0 Å². The summed E-state index contributed by atoms with van der Waals surface area (Å²) in [4.78, 5) is 26.5. The summed E-state index contributed by atoms with van der Waals surface area (Å²) in [7, 11) is 0. The first-order valence-corrected chi connectivity index (χ1v) is 11.1. The maximum absolute atomic E-state index is 12.5. The Hall–Kier alpha value is -2.28. The van der Waals surface area contributed by atoms with E-state index in [1.165, 1.54) is 6.07 Å².